The van der Waals surface area contributed by atoms with Gasteiger partial charge in [-0.25, -0.2) is 0 Å². The van der Waals surface area contributed by atoms with Crippen molar-refractivity contribution in [2.45, 2.75) is 25.4 Å². The van der Waals surface area contributed by atoms with Gasteiger partial charge in [0.15, 0.2) is 0 Å². The van der Waals surface area contributed by atoms with Crippen molar-refractivity contribution in [3.8, 4) is 17.4 Å². The SMILES string of the molecule is COc1nn(C)cc1C1CCCN1Cc1ccc(Oc2ccccc2C(N)=O)cc1. The highest BCUT2D eigenvalue weighted by atomic mass is 16.5. The highest BCUT2D eigenvalue weighted by Crippen LogP contribution is 2.37. The number of carbonyl (C=O) groups is 1. The number of likely N-dealkylation sites (tertiary alicyclic amines) is 1. The first kappa shape index (κ1) is 20.0. The van der Waals surface area contributed by atoms with E-state index >= 15 is 0 Å². The highest BCUT2D eigenvalue weighted by molar-refractivity contribution is 5.95. The minimum Gasteiger partial charge on any atom is -0.480 e. The number of aryl methyl sites for hydroxylation is 1. The van der Waals surface area contributed by atoms with Crippen LogP contribution in [-0.2, 0) is 13.6 Å². The maximum atomic E-state index is 11.6. The number of benzene rings is 2. The average molecular weight is 406 g/mol. The predicted octanol–water partition coefficient (Wildman–Crippen LogP) is 3.66. The van der Waals surface area contributed by atoms with Gasteiger partial charge < -0.3 is 15.2 Å². The molecule has 7 heteroatoms. The van der Waals surface area contributed by atoms with E-state index in [-0.39, 0.29) is 0 Å². The zero-order chi connectivity index (χ0) is 21.1. The normalized spacial score (nSPS) is 16.5. The third kappa shape index (κ3) is 4.16. The molecule has 0 aliphatic carbocycles. The van der Waals surface area contributed by atoms with Crippen molar-refractivity contribution in [2.24, 2.45) is 12.8 Å². The van der Waals surface area contributed by atoms with Crippen LogP contribution >= 0.6 is 0 Å². The van der Waals surface area contributed by atoms with E-state index in [9.17, 15) is 4.79 Å². The van der Waals surface area contributed by atoms with Crippen LogP contribution in [0.4, 0.5) is 0 Å². The Kier molecular flexibility index (Phi) is 5.72. The fourth-order valence-electron chi connectivity index (χ4n) is 4.02. The van der Waals surface area contributed by atoms with Gasteiger partial charge in [-0.05, 0) is 49.2 Å². The van der Waals surface area contributed by atoms with Crippen molar-refractivity contribution >= 4 is 5.91 Å². The second-order valence-electron chi connectivity index (χ2n) is 7.50. The number of methoxy groups -OCH3 is 1. The minimum atomic E-state index is -0.506. The number of carbonyl (C=O) groups excluding carboxylic acids is 1. The molecule has 2 heterocycles. The molecule has 1 aromatic heterocycles. The summed E-state index contributed by atoms with van der Waals surface area (Å²) in [5.41, 5.74) is 8.13. The molecule has 1 aliphatic rings. The summed E-state index contributed by atoms with van der Waals surface area (Å²) < 4.78 is 13.2. The molecule has 2 N–H and O–H groups in total. The Morgan fingerprint density at radius 2 is 1.97 bits per heavy atom. The Morgan fingerprint density at radius 3 is 2.70 bits per heavy atom. The smallest absolute Gasteiger partial charge is 0.252 e. The predicted molar refractivity (Wildman–Crippen MR) is 114 cm³/mol. The molecule has 0 spiro atoms. The molecule has 2 aromatic carbocycles. The first-order valence-corrected chi connectivity index (χ1v) is 10.0. The lowest BCUT2D eigenvalue weighted by Gasteiger charge is -2.24. The van der Waals surface area contributed by atoms with Gasteiger partial charge in [-0.2, -0.15) is 0 Å². The average Bonchev–Trinajstić information content (AvgIpc) is 3.35. The first-order chi connectivity index (χ1) is 14.5. The number of rotatable bonds is 7. The number of para-hydroxylation sites is 1. The van der Waals surface area contributed by atoms with E-state index < -0.39 is 5.91 Å². The second kappa shape index (κ2) is 8.59. The number of amides is 1. The summed E-state index contributed by atoms with van der Waals surface area (Å²) in [5, 5.41) is 4.40. The molecule has 30 heavy (non-hydrogen) atoms. The molecule has 0 bridgehead atoms. The van der Waals surface area contributed by atoms with Crippen LogP contribution < -0.4 is 15.2 Å². The number of primary amides is 1. The molecule has 0 saturated carbocycles. The molecule has 3 aromatic rings. The third-order valence-corrected chi connectivity index (χ3v) is 5.43. The summed E-state index contributed by atoms with van der Waals surface area (Å²) in [6.45, 7) is 1.87. The fraction of sp³-hybridized carbons (Fsp3) is 0.304. The van der Waals surface area contributed by atoms with E-state index in [4.69, 9.17) is 15.2 Å². The van der Waals surface area contributed by atoms with Crippen molar-refractivity contribution < 1.29 is 14.3 Å². The lowest BCUT2D eigenvalue weighted by Crippen LogP contribution is -2.22. The molecule has 1 aliphatic heterocycles. The van der Waals surface area contributed by atoms with Crippen LogP contribution in [0.1, 0.15) is 40.4 Å². The monoisotopic (exact) mass is 406 g/mol. The van der Waals surface area contributed by atoms with Crippen LogP contribution in [0.15, 0.2) is 54.7 Å². The van der Waals surface area contributed by atoms with E-state index in [0.717, 1.165) is 31.5 Å². The molecule has 1 amide bonds. The molecular formula is C23H26N4O3. The van der Waals surface area contributed by atoms with Gasteiger partial charge in [-0.1, -0.05) is 24.3 Å². The quantitative estimate of drug-likeness (QED) is 0.648. The van der Waals surface area contributed by atoms with E-state index in [2.05, 4.69) is 28.3 Å². The number of aromatic nitrogens is 2. The van der Waals surface area contributed by atoms with E-state index in [1.165, 1.54) is 5.56 Å². The highest BCUT2D eigenvalue weighted by Gasteiger charge is 2.30. The molecule has 1 fully saturated rings. The number of nitrogens with two attached hydrogens (primary N) is 1. The van der Waals surface area contributed by atoms with Gasteiger partial charge in [0, 0.05) is 25.8 Å². The fourth-order valence-corrected chi connectivity index (χ4v) is 4.02. The lowest BCUT2D eigenvalue weighted by atomic mass is 10.1. The molecule has 156 valence electrons. The standard InChI is InChI=1S/C23H26N4O3/c1-26-15-19(23(25-26)29-2)20-7-5-13-27(20)14-16-9-11-17(12-10-16)30-21-8-4-3-6-18(21)22(24)28/h3-4,6,8-12,15,20H,5,7,13-14H2,1-2H3,(H2,24,28). The summed E-state index contributed by atoms with van der Waals surface area (Å²) >= 11 is 0. The maximum absolute atomic E-state index is 11.6. The molecule has 1 unspecified atom stereocenters. The number of hydrogen-bond acceptors (Lipinski definition) is 5. The van der Waals surface area contributed by atoms with Crippen LogP contribution in [0.25, 0.3) is 0 Å². The first-order valence-electron chi connectivity index (χ1n) is 10.0. The Bertz CT molecular complexity index is 1030. The van der Waals surface area contributed by atoms with Crippen molar-refractivity contribution in [3.05, 3.63) is 71.4 Å². The van der Waals surface area contributed by atoms with Crippen molar-refractivity contribution in [2.75, 3.05) is 13.7 Å². The van der Waals surface area contributed by atoms with Gasteiger partial charge in [0.1, 0.15) is 11.5 Å². The minimum absolute atomic E-state index is 0.298. The lowest BCUT2D eigenvalue weighted by molar-refractivity contribution is 0.0998. The summed E-state index contributed by atoms with van der Waals surface area (Å²) in [5.74, 6) is 1.32. The zero-order valence-corrected chi connectivity index (χ0v) is 17.2. The van der Waals surface area contributed by atoms with Gasteiger partial charge in [0.25, 0.3) is 5.91 Å². The van der Waals surface area contributed by atoms with Gasteiger partial charge >= 0.3 is 0 Å². The Labute approximate surface area is 176 Å². The summed E-state index contributed by atoms with van der Waals surface area (Å²) in [4.78, 5) is 14.0. The molecule has 1 saturated heterocycles. The van der Waals surface area contributed by atoms with Crippen molar-refractivity contribution in [1.82, 2.24) is 14.7 Å². The molecule has 7 nitrogen and oxygen atoms in total. The molecule has 4 rings (SSSR count). The number of ether oxygens (including phenoxy) is 2. The third-order valence-electron chi connectivity index (χ3n) is 5.43. The zero-order valence-electron chi connectivity index (χ0n) is 17.2. The second-order valence-corrected chi connectivity index (χ2v) is 7.50. The van der Waals surface area contributed by atoms with Crippen LogP contribution in [0.5, 0.6) is 17.4 Å². The number of hydrogen-bond donors (Lipinski definition) is 1. The van der Waals surface area contributed by atoms with Crippen LogP contribution in [0.3, 0.4) is 0 Å². The van der Waals surface area contributed by atoms with Gasteiger partial charge in [-0.3, -0.25) is 14.4 Å². The summed E-state index contributed by atoms with van der Waals surface area (Å²) in [6, 6.07) is 15.2. The van der Waals surface area contributed by atoms with E-state index in [0.29, 0.717) is 29.0 Å². The van der Waals surface area contributed by atoms with Crippen molar-refractivity contribution in [3.63, 3.8) is 0 Å². The summed E-state index contributed by atoms with van der Waals surface area (Å²) in [6.07, 6.45) is 4.29. The van der Waals surface area contributed by atoms with Crippen LogP contribution in [0, 0.1) is 0 Å². The topological polar surface area (TPSA) is 82.6 Å². The number of nitrogens with zero attached hydrogens (tertiary/aromatic N) is 3. The van der Waals surface area contributed by atoms with E-state index in [1.807, 2.05) is 25.2 Å². The van der Waals surface area contributed by atoms with Gasteiger partial charge in [0.05, 0.1) is 18.2 Å². The molecular weight excluding hydrogens is 380 g/mol. The molecule has 1 atom stereocenters. The maximum Gasteiger partial charge on any atom is 0.252 e. The van der Waals surface area contributed by atoms with Crippen LogP contribution in [0.2, 0.25) is 0 Å². The Hall–Kier alpha value is -3.32. The van der Waals surface area contributed by atoms with Crippen molar-refractivity contribution in [1.29, 1.82) is 0 Å². The van der Waals surface area contributed by atoms with Crippen LogP contribution in [-0.4, -0.2) is 34.2 Å². The Morgan fingerprint density at radius 1 is 1.20 bits per heavy atom. The van der Waals surface area contributed by atoms with Gasteiger partial charge in [-0.15, -0.1) is 5.10 Å². The van der Waals surface area contributed by atoms with E-state index in [1.54, 1.807) is 30.0 Å². The van der Waals surface area contributed by atoms with Gasteiger partial charge in [0.2, 0.25) is 5.88 Å². The molecule has 0 radical (unpaired) electrons. The largest absolute Gasteiger partial charge is 0.480 e. The summed E-state index contributed by atoms with van der Waals surface area (Å²) in [7, 11) is 3.58. The Balaban J connectivity index is 1.46.